The number of anilines is 1. The zero-order valence-electron chi connectivity index (χ0n) is 24.8. The summed E-state index contributed by atoms with van der Waals surface area (Å²) in [5.41, 5.74) is 1.61. The van der Waals surface area contributed by atoms with Crippen molar-refractivity contribution in [3.05, 3.63) is 95.0 Å². The van der Waals surface area contributed by atoms with Crippen molar-refractivity contribution in [1.82, 2.24) is 10.6 Å². The second kappa shape index (κ2) is 15.3. The van der Waals surface area contributed by atoms with E-state index in [1.54, 1.807) is 45.0 Å². The topological polar surface area (TPSA) is 106 Å². The summed E-state index contributed by atoms with van der Waals surface area (Å²) in [6.45, 7) is 9.64. The first-order valence-corrected chi connectivity index (χ1v) is 14.4. The van der Waals surface area contributed by atoms with Gasteiger partial charge in [0.1, 0.15) is 30.0 Å². The molecule has 9 heteroatoms. The highest BCUT2D eigenvalue weighted by atomic mass is 35.5. The number of hydrogen-bond acceptors (Lipinski definition) is 5. The van der Waals surface area contributed by atoms with Crippen LogP contribution in [0.3, 0.4) is 0 Å². The summed E-state index contributed by atoms with van der Waals surface area (Å²) < 4.78 is 11.5. The van der Waals surface area contributed by atoms with Crippen LogP contribution in [0, 0.1) is 5.92 Å². The van der Waals surface area contributed by atoms with E-state index in [0.29, 0.717) is 29.5 Å². The summed E-state index contributed by atoms with van der Waals surface area (Å²) in [7, 11) is 0. The number of halogens is 1. The molecular weight excluding hydrogens is 554 g/mol. The molecule has 2 atom stereocenters. The Labute approximate surface area is 253 Å². The van der Waals surface area contributed by atoms with Crippen molar-refractivity contribution in [2.45, 2.75) is 71.8 Å². The van der Waals surface area contributed by atoms with E-state index in [4.69, 9.17) is 21.1 Å². The largest absolute Gasteiger partial charge is 0.489 e. The molecule has 8 nitrogen and oxygen atoms in total. The molecule has 0 fully saturated rings. The number of carbonyl (C=O) groups excluding carboxylic acids is 3. The zero-order chi connectivity index (χ0) is 30.7. The predicted molar refractivity (Wildman–Crippen MR) is 166 cm³/mol. The van der Waals surface area contributed by atoms with Crippen LogP contribution in [0.4, 0.5) is 10.5 Å². The molecule has 3 aromatic rings. The van der Waals surface area contributed by atoms with Gasteiger partial charge >= 0.3 is 12.0 Å². The molecule has 3 rings (SSSR count). The van der Waals surface area contributed by atoms with Crippen molar-refractivity contribution in [1.29, 1.82) is 0 Å². The maximum atomic E-state index is 13.5. The Morgan fingerprint density at radius 3 is 2.14 bits per heavy atom. The Balaban J connectivity index is 1.70. The summed E-state index contributed by atoms with van der Waals surface area (Å²) in [6, 6.07) is 21.5. The normalized spacial score (nSPS) is 12.6. The number of carbonyl (C=O) groups is 3. The van der Waals surface area contributed by atoms with Crippen LogP contribution >= 0.6 is 11.6 Å². The highest BCUT2D eigenvalue weighted by Crippen LogP contribution is 2.18. The first-order chi connectivity index (χ1) is 19.9. The van der Waals surface area contributed by atoms with E-state index in [0.717, 1.165) is 11.1 Å². The summed E-state index contributed by atoms with van der Waals surface area (Å²) in [6.07, 6.45) is 0.562. The Hall–Kier alpha value is -4.04. The van der Waals surface area contributed by atoms with E-state index >= 15 is 0 Å². The molecule has 224 valence electrons. The summed E-state index contributed by atoms with van der Waals surface area (Å²) in [4.78, 5) is 39.4. The maximum absolute atomic E-state index is 13.5. The summed E-state index contributed by atoms with van der Waals surface area (Å²) in [5.74, 6) is -0.265. The van der Waals surface area contributed by atoms with Crippen LogP contribution in [-0.2, 0) is 27.4 Å². The second-order valence-corrected chi connectivity index (χ2v) is 11.9. The number of urea groups is 1. The Morgan fingerprint density at radius 1 is 0.833 bits per heavy atom. The van der Waals surface area contributed by atoms with E-state index in [9.17, 15) is 14.4 Å². The molecule has 0 heterocycles. The van der Waals surface area contributed by atoms with E-state index in [-0.39, 0.29) is 12.3 Å². The average Bonchev–Trinajstić information content (AvgIpc) is 2.91. The number of ether oxygens (including phenoxy) is 2. The fraction of sp³-hybridized carbons (Fsp3) is 0.364. The minimum Gasteiger partial charge on any atom is -0.489 e. The van der Waals surface area contributed by atoms with Crippen molar-refractivity contribution >= 4 is 35.2 Å². The molecular formula is C33H40ClN3O5. The van der Waals surface area contributed by atoms with Gasteiger partial charge in [-0.25, -0.2) is 9.59 Å². The van der Waals surface area contributed by atoms with Crippen molar-refractivity contribution in [3.63, 3.8) is 0 Å². The van der Waals surface area contributed by atoms with E-state index < -0.39 is 35.6 Å². The summed E-state index contributed by atoms with van der Waals surface area (Å²) >= 11 is 6.02. The Kier molecular flexibility index (Phi) is 11.8. The molecule has 3 amide bonds. The molecule has 3 aromatic carbocycles. The third-order valence-corrected chi connectivity index (χ3v) is 6.27. The lowest BCUT2D eigenvalue weighted by molar-refractivity contribution is -0.158. The van der Waals surface area contributed by atoms with Crippen LogP contribution in [0.2, 0.25) is 5.02 Å². The fourth-order valence-corrected chi connectivity index (χ4v) is 4.32. The number of hydrogen-bond donors (Lipinski definition) is 3. The van der Waals surface area contributed by atoms with Gasteiger partial charge in [0.15, 0.2) is 0 Å². The standard InChI is InChI=1S/C33H40ClN3O5/c1-22(2)18-28(37-32(40)35-26-13-9-12-25(34)20-26)30(38)36-29(31(39)42-33(3,4)5)19-23-14-16-27(17-15-23)41-21-24-10-7-6-8-11-24/h6-17,20,22,28-29H,18-19,21H2,1-5H3,(H,36,38)(H2,35,37,40). The van der Waals surface area contributed by atoms with E-state index in [1.165, 1.54) is 0 Å². The summed E-state index contributed by atoms with van der Waals surface area (Å²) in [5, 5.41) is 8.73. The molecule has 0 saturated heterocycles. The van der Waals surface area contributed by atoms with Gasteiger partial charge in [0.25, 0.3) is 0 Å². The molecule has 0 aromatic heterocycles. The lowest BCUT2D eigenvalue weighted by Crippen LogP contribution is -2.54. The minimum atomic E-state index is -0.972. The second-order valence-electron chi connectivity index (χ2n) is 11.5. The van der Waals surface area contributed by atoms with Gasteiger partial charge in [-0.15, -0.1) is 0 Å². The number of amides is 3. The van der Waals surface area contributed by atoms with Crippen LogP contribution in [-0.4, -0.2) is 35.6 Å². The molecule has 0 radical (unpaired) electrons. The number of nitrogens with one attached hydrogen (secondary N) is 3. The van der Waals surface area contributed by atoms with Crippen molar-refractivity contribution < 1.29 is 23.9 Å². The molecule has 42 heavy (non-hydrogen) atoms. The third kappa shape index (κ3) is 11.4. The van der Waals surface area contributed by atoms with Crippen LogP contribution < -0.4 is 20.7 Å². The molecule has 2 unspecified atom stereocenters. The van der Waals surface area contributed by atoms with E-state index in [2.05, 4.69) is 16.0 Å². The fourth-order valence-electron chi connectivity index (χ4n) is 4.13. The van der Waals surface area contributed by atoms with Gasteiger partial charge in [0.2, 0.25) is 5.91 Å². The van der Waals surface area contributed by atoms with Crippen LogP contribution in [0.15, 0.2) is 78.9 Å². The molecule has 0 spiro atoms. The van der Waals surface area contributed by atoms with E-state index in [1.807, 2.05) is 68.4 Å². The van der Waals surface area contributed by atoms with Crippen molar-refractivity contribution in [3.8, 4) is 5.75 Å². The monoisotopic (exact) mass is 593 g/mol. The molecule has 0 aliphatic rings. The first-order valence-electron chi connectivity index (χ1n) is 14.0. The zero-order valence-corrected chi connectivity index (χ0v) is 25.5. The molecule has 3 N–H and O–H groups in total. The first kappa shape index (κ1) is 32.5. The average molecular weight is 594 g/mol. The highest BCUT2D eigenvalue weighted by molar-refractivity contribution is 6.30. The predicted octanol–water partition coefficient (Wildman–Crippen LogP) is 6.52. The minimum absolute atomic E-state index is 0.0932. The Bertz CT molecular complexity index is 1320. The van der Waals surface area contributed by atoms with Gasteiger partial charge in [-0.1, -0.05) is 74.0 Å². The van der Waals surface area contributed by atoms with Gasteiger partial charge in [-0.3, -0.25) is 4.79 Å². The lowest BCUT2D eigenvalue weighted by Gasteiger charge is -2.27. The van der Waals surface area contributed by atoms with Gasteiger partial charge in [0, 0.05) is 17.1 Å². The van der Waals surface area contributed by atoms with Gasteiger partial charge in [-0.2, -0.15) is 0 Å². The highest BCUT2D eigenvalue weighted by Gasteiger charge is 2.30. The van der Waals surface area contributed by atoms with Crippen LogP contribution in [0.25, 0.3) is 0 Å². The number of benzene rings is 3. The number of esters is 1. The van der Waals surface area contributed by atoms with Crippen LogP contribution in [0.5, 0.6) is 5.75 Å². The van der Waals surface area contributed by atoms with Gasteiger partial charge in [0.05, 0.1) is 0 Å². The van der Waals surface area contributed by atoms with Crippen molar-refractivity contribution in [2.24, 2.45) is 5.92 Å². The number of rotatable bonds is 12. The molecule has 0 bridgehead atoms. The lowest BCUT2D eigenvalue weighted by atomic mass is 10.0. The van der Waals surface area contributed by atoms with Crippen molar-refractivity contribution in [2.75, 3.05) is 5.32 Å². The Morgan fingerprint density at radius 2 is 1.52 bits per heavy atom. The molecule has 0 aliphatic heterocycles. The van der Waals surface area contributed by atoms with Gasteiger partial charge in [-0.05, 0) is 74.6 Å². The SMILES string of the molecule is CC(C)CC(NC(=O)Nc1cccc(Cl)c1)C(=O)NC(Cc1ccc(OCc2ccccc2)cc1)C(=O)OC(C)(C)C. The molecule has 0 saturated carbocycles. The van der Waals surface area contributed by atoms with Gasteiger partial charge < -0.3 is 25.4 Å². The third-order valence-electron chi connectivity index (χ3n) is 6.03. The van der Waals surface area contributed by atoms with Crippen LogP contribution in [0.1, 0.15) is 52.2 Å². The maximum Gasteiger partial charge on any atom is 0.329 e. The quantitative estimate of drug-likeness (QED) is 0.207. The molecule has 0 aliphatic carbocycles. The smallest absolute Gasteiger partial charge is 0.329 e.